The first-order chi connectivity index (χ1) is 7.79. The fourth-order valence-corrected chi connectivity index (χ4v) is 1.87. The number of thiazole rings is 1. The van der Waals surface area contributed by atoms with Crippen molar-refractivity contribution in [3.05, 3.63) is 28.8 Å². The van der Waals surface area contributed by atoms with Crippen LogP contribution in [0.5, 0.6) is 5.88 Å². The zero-order valence-electron chi connectivity index (χ0n) is 9.04. The summed E-state index contributed by atoms with van der Waals surface area (Å²) in [4.78, 5) is 12.5. The third kappa shape index (κ3) is 2.46. The van der Waals surface area contributed by atoms with Crippen LogP contribution in [0.1, 0.15) is 18.0 Å². The summed E-state index contributed by atoms with van der Waals surface area (Å²) in [6, 6.07) is 1.80. The lowest BCUT2D eigenvalue weighted by Gasteiger charge is -2.10. The standard InChI is InChI=1S/C10H12N4OS/c1-7(9-11-5-6-16-9)13-10-12-4-3-8(14-10)15-2/h3-7H,1-2H3,(H,12,13,14). The molecule has 1 atom stereocenters. The van der Waals surface area contributed by atoms with Gasteiger partial charge in [0.1, 0.15) is 5.01 Å². The lowest BCUT2D eigenvalue weighted by molar-refractivity contribution is 0.397. The average Bonchev–Trinajstić information content (AvgIpc) is 2.83. The first kappa shape index (κ1) is 10.8. The summed E-state index contributed by atoms with van der Waals surface area (Å²) in [5, 5.41) is 6.12. The Labute approximate surface area is 97.5 Å². The van der Waals surface area contributed by atoms with Crippen LogP contribution in [0.2, 0.25) is 0 Å². The van der Waals surface area contributed by atoms with E-state index in [4.69, 9.17) is 4.74 Å². The minimum Gasteiger partial charge on any atom is -0.481 e. The molecule has 0 aliphatic rings. The Hall–Kier alpha value is -1.69. The Kier molecular flexibility index (Phi) is 3.31. The van der Waals surface area contributed by atoms with E-state index in [0.717, 1.165) is 5.01 Å². The number of anilines is 1. The van der Waals surface area contributed by atoms with Crippen molar-refractivity contribution in [3.8, 4) is 5.88 Å². The van der Waals surface area contributed by atoms with Crippen molar-refractivity contribution < 1.29 is 4.74 Å². The number of nitrogens with one attached hydrogen (secondary N) is 1. The van der Waals surface area contributed by atoms with Crippen LogP contribution in [0, 0.1) is 0 Å². The average molecular weight is 236 g/mol. The smallest absolute Gasteiger partial charge is 0.226 e. The lowest BCUT2D eigenvalue weighted by atomic mass is 10.4. The van der Waals surface area contributed by atoms with Crippen LogP contribution in [-0.2, 0) is 0 Å². The van der Waals surface area contributed by atoms with E-state index in [1.807, 2.05) is 12.3 Å². The van der Waals surface area contributed by atoms with Gasteiger partial charge in [-0.1, -0.05) is 0 Å². The third-order valence-electron chi connectivity index (χ3n) is 2.01. The molecule has 1 N–H and O–H groups in total. The van der Waals surface area contributed by atoms with E-state index in [9.17, 15) is 0 Å². The monoisotopic (exact) mass is 236 g/mol. The highest BCUT2D eigenvalue weighted by Crippen LogP contribution is 2.19. The first-order valence-corrected chi connectivity index (χ1v) is 5.70. The second-order valence-corrected chi connectivity index (χ2v) is 4.09. The van der Waals surface area contributed by atoms with E-state index in [2.05, 4.69) is 20.3 Å². The fourth-order valence-electron chi connectivity index (χ4n) is 1.23. The van der Waals surface area contributed by atoms with E-state index in [1.54, 1.807) is 36.9 Å². The van der Waals surface area contributed by atoms with Crippen molar-refractivity contribution in [2.24, 2.45) is 0 Å². The Bertz CT molecular complexity index is 446. The summed E-state index contributed by atoms with van der Waals surface area (Å²) >= 11 is 1.60. The molecule has 0 fully saturated rings. The van der Waals surface area contributed by atoms with Gasteiger partial charge in [0, 0.05) is 23.8 Å². The molecule has 2 aromatic rings. The van der Waals surface area contributed by atoms with Crippen LogP contribution in [0.25, 0.3) is 0 Å². The van der Waals surface area contributed by atoms with Gasteiger partial charge in [0.2, 0.25) is 11.8 Å². The lowest BCUT2D eigenvalue weighted by Crippen LogP contribution is -2.09. The minimum absolute atomic E-state index is 0.0899. The predicted octanol–water partition coefficient (Wildman–Crippen LogP) is 2.11. The molecule has 0 bridgehead atoms. The normalized spacial score (nSPS) is 12.1. The SMILES string of the molecule is COc1ccnc(NC(C)c2nccs2)n1. The molecule has 1 unspecified atom stereocenters. The van der Waals surface area contributed by atoms with Gasteiger partial charge in [0.25, 0.3) is 0 Å². The van der Waals surface area contributed by atoms with Crippen LogP contribution in [0.15, 0.2) is 23.8 Å². The maximum atomic E-state index is 5.02. The summed E-state index contributed by atoms with van der Waals surface area (Å²) in [6.07, 6.45) is 3.44. The van der Waals surface area contributed by atoms with Crippen LogP contribution < -0.4 is 10.1 Å². The number of methoxy groups -OCH3 is 1. The van der Waals surface area contributed by atoms with Crippen LogP contribution in [-0.4, -0.2) is 22.1 Å². The third-order valence-corrected chi connectivity index (χ3v) is 2.96. The van der Waals surface area contributed by atoms with Crippen LogP contribution >= 0.6 is 11.3 Å². The van der Waals surface area contributed by atoms with Gasteiger partial charge in [-0.3, -0.25) is 0 Å². The molecule has 16 heavy (non-hydrogen) atoms. The summed E-state index contributed by atoms with van der Waals surface area (Å²) in [5.41, 5.74) is 0. The molecule has 0 aromatic carbocycles. The fraction of sp³-hybridized carbons (Fsp3) is 0.300. The molecule has 2 aromatic heterocycles. The highest BCUT2D eigenvalue weighted by Gasteiger charge is 2.09. The molecular weight excluding hydrogens is 224 g/mol. The van der Waals surface area contributed by atoms with Gasteiger partial charge in [0.05, 0.1) is 13.2 Å². The Morgan fingerprint density at radius 3 is 2.94 bits per heavy atom. The number of hydrogen-bond donors (Lipinski definition) is 1. The molecule has 0 amide bonds. The van der Waals surface area contributed by atoms with Crippen molar-refractivity contribution in [3.63, 3.8) is 0 Å². The van der Waals surface area contributed by atoms with E-state index in [0.29, 0.717) is 11.8 Å². The topological polar surface area (TPSA) is 59.9 Å². The second kappa shape index (κ2) is 4.89. The van der Waals surface area contributed by atoms with E-state index >= 15 is 0 Å². The first-order valence-electron chi connectivity index (χ1n) is 4.82. The zero-order chi connectivity index (χ0) is 11.4. The van der Waals surface area contributed by atoms with Gasteiger partial charge >= 0.3 is 0 Å². The molecular formula is C10H12N4OS. The maximum absolute atomic E-state index is 5.02. The van der Waals surface area contributed by atoms with Gasteiger partial charge in [-0.25, -0.2) is 9.97 Å². The van der Waals surface area contributed by atoms with Gasteiger partial charge in [-0.15, -0.1) is 11.3 Å². The highest BCUT2D eigenvalue weighted by atomic mass is 32.1. The maximum Gasteiger partial charge on any atom is 0.226 e. The molecule has 0 spiro atoms. The van der Waals surface area contributed by atoms with Crippen molar-refractivity contribution >= 4 is 17.3 Å². The summed E-state index contributed by atoms with van der Waals surface area (Å²) < 4.78 is 5.02. The number of rotatable bonds is 4. The van der Waals surface area contributed by atoms with Crippen molar-refractivity contribution in [2.75, 3.05) is 12.4 Å². The van der Waals surface area contributed by atoms with Gasteiger partial charge in [0.15, 0.2) is 0 Å². The predicted molar refractivity (Wildman–Crippen MR) is 62.7 cm³/mol. The van der Waals surface area contributed by atoms with Crippen LogP contribution in [0.4, 0.5) is 5.95 Å². The van der Waals surface area contributed by atoms with Crippen molar-refractivity contribution in [2.45, 2.75) is 13.0 Å². The molecule has 84 valence electrons. The van der Waals surface area contributed by atoms with E-state index in [-0.39, 0.29) is 6.04 Å². The Morgan fingerprint density at radius 2 is 2.25 bits per heavy atom. The number of hydrogen-bond acceptors (Lipinski definition) is 6. The molecule has 0 saturated heterocycles. The molecule has 6 heteroatoms. The zero-order valence-corrected chi connectivity index (χ0v) is 9.86. The van der Waals surface area contributed by atoms with Crippen LogP contribution in [0.3, 0.4) is 0 Å². The Morgan fingerprint density at radius 1 is 1.38 bits per heavy atom. The van der Waals surface area contributed by atoms with Crippen molar-refractivity contribution in [1.29, 1.82) is 0 Å². The quantitative estimate of drug-likeness (QED) is 0.881. The summed E-state index contributed by atoms with van der Waals surface area (Å²) in [5.74, 6) is 1.09. The Balaban J connectivity index is 2.08. The van der Waals surface area contributed by atoms with E-state index in [1.165, 1.54) is 0 Å². The summed E-state index contributed by atoms with van der Waals surface area (Å²) in [6.45, 7) is 2.02. The number of aromatic nitrogens is 3. The molecule has 0 aliphatic heterocycles. The largest absolute Gasteiger partial charge is 0.481 e. The van der Waals surface area contributed by atoms with Gasteiger partial charge < -0.3 is 10.1 Å². The number of ether oxygens (including phenoxy) is 1. The molecule has 2 rings (SSSR count). The summed E-state index contributed by atoms with van der Waals surface area (Å²) in [7, 11) is 1.58. The van der Waals surface area contributed by atoms with E-state index < -0.39 is 0 Å². The van der Waals surface area contributed by atoms with Crippen molar-refractivity contribution in [1.82, 2.24) is 15.0 Å². The molecule has 0 radical (unpaired) electrons. The molecule has 0 saturated carbocycles. The minimum atomic E-state index is 0.0899. The molecule has 0 aliphatic carbocycles. The molecule has 5 nitrogen and oxygen atoms in total. The van der Waals surface area contributed by atoms with Gasteiger partial charge in [-0.05, 0) is 6.92 Å². The number of nitrogens with zero attached hydrogens (tertiary/aromatic N) is 3. The molecule has 2 heterocycles. The second-order valence-electron chi connectivity index (χ2n) is 3.16. The highest BCUT2D eigenvalue weighted by molar-refractivity contribution is 7.09. The van der Waals surface area contributed by atoms with Gasteiger partial charge in [-0.2, -0.15) is 4.98 Å².